The van der Waals surface area contributed by atoms with Crippen molar-refractivity contribution >= 4 is 6.29 Å². The van der Waals surface area contributed by atoms with Crippen LogP contribution in [-0.4, -0.2) is 18.5 Å². The third kappa shape index (κ3) is 2.68. The fraction of sp³-hybridized carbons (Fsp3) is 0.211. The van der Waals surface area contributed by atoms with Crippen LogP contribution < -0.4 is 9.47 Å². The number of fused-ring (bicyclic) bond motifs is 1. The molecule has 1 aliphatic rings. The van der Waals surface area contributed by atoms with Gasteiger partial charge in [-0.25, -0.2) is 0 Å². The Morgan fingerprint density at radius 3 is 2.78 bits per heavy atom. The zero-order valence-electron chi connectivity index (χ0n) is 13.1. The number of phenolic OH excluding ortho intramolecular Hbond substituents is 1. The van der Waals surface area contributed by atoms with E-state index in [1.54, 1.807) is 32.4 Å². The van der Waals surface area contributed by atoms with Crippen LogP contribution in [0, 0.1) is 6.92 Å². The summed E-state index contributed by atoms with van der Waals surface area (Å²) in [6.45, 7) is 1.77. The summed E-state index contributed by atoms with van der Waals surface area (Å²) in [7, 11) is 1.63. The molecule has 0 bridgehead atoms. The van der Waals surface area contributed by atoms with Gasteiger partial charge >= 0.3 is 0 Å². The van der Waals surface area contributed by atoms with E-state index < -0.39 is 0 Å². The Hall–Kier alpha value is -2.75. The van der Waals surface area contributed by atoms with Gasteiger partial charge in [-0.2, -0.15) is 0 Å². The molecule has 118 valence electrons. The molecule has 4 nitrogen and oxygen atoms in total. The second-order valence-electron chi connectivity index (χ2n) is 5.54. The Morgan fingerprint density at radius 2 is 2.04 bits per heavy atom. The van der Waals surface area contributed by atoms with E-state index in [0.717, 1.165) is 28.7 Å². The van der Waals surface area contributed by atoms with Gasteiger partial charge < -0.3 is 19.4 Å². The number of benzene rings is 2. The number of methoxy groups -OCH3 is 1. The predicted octanol–water partition coefficient (Wildman–Crippen LogP) is 3.51. The number of carbonyl (C=O) groups is 1. The SMILES string of the molecule is COc1ccccc1CC1=COc2c(ccc(O)c2C)C1C=O. The molecular formula is C19H18O4. The van der Waals surface area contributed by atoms with Gasteiger partial charge in [-0.3, -0.25) is 0 Å². The van der Waals surface area contributed by atoms with E-state index in [-0.39, 0.29) is 11.7 Å². The molecule has 1 aliphatic heterocycles. The second kappa shape index (κ2) is 6.16. The van der Waals surface area contributed by atoms with E-state index in [0.29, 0.717) is 17.7 Å². The van der Waals surface area contributed by atoms with Crippen LogP contribution in [0.5, 0.6) is 17.2 Å². The highest BCUT2D eigenvalue weighted by molar-refractivity contribution is 5.72. The Bertz CT molecular complexity index is 777. The standard InChI is InChI=1S/C19H18O4/c1-12-17(21)8-7-15-16(10-20)14(11-23-19(12)15)9-13-5-3-4-6-18(13)22-2/h3-8,10-11,16,21H,9H2,1-2H3. The molecule has 2 aromatic rings. The van der Waals surface area contributed by atoms with Crippen molar-refractivity contribution in [2.75, 3.05) is 7.11 Å². The van der Waals surface area contributed by atoms with Crippen LogP contribution >= 0.6 is 0 Å². The van der Waals surface area contributed by atoms with Crippen molar-refractivity contribution in [3.05, 3.63) is 64.9 Å². The lowest BCUT2D eigenvalue weighted by molar-refractivity contribution is -0.108. The van der Waals surface area contributed by atoms with Gasteiger partial charge in [0.2, 0.25) is 0 Å². The maximum Gasteiger partial charge on any atom is 0.137 e. The van der Waals surface area contributed by atoms with Crippen LogP contribution in [0.3, 0.4) is 0 Å². The lowest BCUT2D eigenvalue weighted by Crippen LogP contribution is -2.14. The van der Waals surface area contributed by atoms with Crippen molar-refractivity contribution in [3.8, 4) is 17.2 Å². The summed E-state index contributed by atoms with van der Waals surface area (Å²) in [5, 5.41) is 9.80. The highest BCUT2D eigenvalue weighted by Crippen LogP contribution is 2.41. The molecule has 23 heavy (non-hydrogen) atoms. The largest absolute Gasteiger partial charge is 0.508 e. The summed E-state index contributed by atoms with van der Waals surface area (Å²) >= 11 is 0. The first-order valence-corrected chi connectivity index (χ1v) is 7.41. The molecule has 0 saturated heterocycles. The molecule has 0 aromatic heterocycles. The second-order valence-corrected chi connectivity index (χ2v) is 5.54. The Labute approximate surface area is 135 Å². The molecule has 3 rings (SSSR count). The number of hydrogen-bond acceptors (Lipinski definition) is 4. The number of allylic oxidation sites excluding steroid dienone is 1. The van der Waals surface area contributed by atoms with Gasteiger partial charge in [0.1, 0.15) is 23.5 Å². The Morgan fingerprint density at radius 1 is 1.26 bits per heavy atom. The maximum absolute atomic E-state index is 11.7. The fourth-order valence-corrected chi connectivity index (χ4v) is 2.89. The van der Waals surface area contributed by atoms with Crippen molar-refractivity contribution in [2.24, 2.45) is 0 Å². The summed E-state index contributed by atoms with van der Waals surface area (Å²) in [5.41, 5.74) is 3.28. The number of phenols is 1. The van der Waals surface area contributed by atoms with Crippen LogP contribution in [0.25, 0.3) is 0 Å². The molecule has 0 radical (unpaired) electrons. The lowest BCUT2D eigenvalue weighted by atomic mass is 9.86. The zero-order chi connectivity index (χ0) is 16.4. The monoisotopic (exact) mass is 310 g/mol. The first kappa shape index (κ1) is 15.2. The van der Waals surface area contributed by atoms with E-state index >= 15 is 0 Å². The molecule has 1 atom stereocenters. The topological polar surface area (TPSA) is 55.8 Å². The first-order chi connectivity index (χ1) is 11.2. The van der Waals surface area contributed by atoms with Gasteiger partial charge in [0.15, 0.2) is 0 Å². The van der Waals surface area contributed by atoms with Crippen molar-refractivity contribution in [1.82, 2.24) is 0 Å². The highest BCUT2D eigenvalue weighted by Gasteiger charge is 2.27. The predicted molar refractivity (Wildman–Crippen MR) is 87.1 cm³/mol. The van der Waals surface area contributed by atoms with Crippen molar-refractivity contribution in [1.29, 1.82) is 0 Å². The average molecular weight is 310 g/mol. The van der Waals surface area contributed by atoms with E-state index in [2.05, 4.69) is 0 Å². The number of aldehydes is 1. The summed E-state index contributed by atoms with van der Waals surface area (Å²) in [6, 6.07) is 11.1. The number of para-hydroxylation sites is 1. The van der Waals surface area contributed by atoms with E-state index in [1.165, 1.54) is 0 Å². The summed E-state index contributed by atoms with van der Waals surface area (Å²) < 4.78 is 11.1. The van der Waals surface area contributed by atoms with Crippen LogP contribution in [0.1, 0.15) is 22.6 Å². The molecule has 1 N–H and O–H groups in total. The molecular weight excluding hydrogens is 292 g/mol. The van der Waals surface area contributed by atoms with E-state index in [1.807, 2.05) is 24.3 Å². The fourth-order valence-electron chi connectivity index (χ4n) is 2.89. The first-order valence-electron chi connectivity index (χ1n) is 7.41. The third-order valence-corrected chi connectivity index (χ3v) is 4.19. The molecule has 1 unspecified atom stereocenters. The summed E-state index contributed by atoms with van der Waals surface area (Å²) in [5.74, 6) is 1.12. The van der Waals surface area contributed by atoms with Gasteiger partial charge in [0, 0.05) is 17.5 Å². The average Bonchev–Trinajstić information content (AvgIpc) is 2.58. The molecule has 2 aromatic carbocycles. The normalized spacial score (nSPS) is 16.1. The number of aromatic hydroxyl groups is 1. The number of carbonyl (C=O) groups excluding carboxylic acids is 1. The van der Waals surface area contributed by atoms with Crippen LogP contribution in [0.2, 0.25) is 0 Å². The number of ether oxygens (including phenoxy) is 2. The molecule has 0 amide bonds. The number of rotatable bonds is 4. The molecule has 0 fully saturated rings. The van der Waals surface area contributed by atoms with E-state index in [4.69, 9.17) is 9.47 Å². The molecule has 0 aliphatic carbocycles. The quantitative estimate of drug-likeness (QED) is 0.878. The van der Waals surface area contributed by atoms with Crippen molar-refractivity contribution < 1.29 is 19.4 Å². The van der Waals surface area contributed by atoms with Gasteiger partial charge in [-0.05, 0) is 30.2 Å². The lowest BCUT2D eigenvalue weighted by Gasteiger charge is -2.25. The molecule has 0 saturated carbocycles. The molecule has 1 heterocycles. The molecule has 4 heteroatoms. The zero-order valence-corrected chi connectivity index (χ0v) is 13.1. The minimum Gasteiger partial charge on any atom is -0.508 e. The minimum absolute atomic E-state index is 0.162. The Balaban J connectivity index is 1.97. The number of hydrogen-bond donors (Lipinski definition) is 1. The van der Waals surface area contributed by atoms with Crippen LogP contribution in [0.4, 0.5) is 0 Å². The van der Waals surface area contributed by atoms with Crippen LogP contribution in [-0.2, 0) is 11.2 Å². The van der Waals surface area contributed by atoms with Gasteiger partial charge in [-0.15, -0.1) is 0 Å². The van der Waals surface area contributed by atoms with Crippen molar-refractivity contribution in [2.45, 2.75) is 19.3 Å². The smallest absolute Gasteiger partial charge is 0.137 e. The summed E-state index contributed by atoms with van der Waals surface area (Å²) in [6.07, 6.45) is 3.09. The maximum atomic E-state index is 11.7. The highest BCUT2D eigenvalue weighted by atomic mass is 16.5. The van der Waals surface area contributed by atoms with Crippen LogP contribution in [0.15, 0.2) is 48.2 Å². The van der Waals surface area contributed by atoms with E-state index in [9.17, 15) is 9.90 Å². The van der Waals surface area contributed by atoms with Gasteiger partial charge in [0.25, 0.3) is 0 Å². The van der Waals surface area contributed by atoms with Gasteiger partial charge in [-0.1, -0.05) is 24.3 Å². The third-order valence-electron chi connectivity index (χ3n) is 4.19. The minimum atomic E-state index is -0.386. The Kier molecular flexibility index (Phi) is 4.06. The van der Waals surface area contributed by atoms with Gasteiger partial charge in [0.05, 0.1) is 19.3 Å². The molecule has 0 spiro atoms. The van der Waals surface area contributed by atoms with Crippen molar-refractivity contribution in [3.63, 3.8) is 0 Å². The summed E-state index contributed by atoms with van der Waals surface area (Å²) in [4.78, 5) is 11.7.